The number of carbonyl (C=O) groups is 2. The van der Waals surface area contributed by atoms with Crippen LogP contribution in [-0.2, 0) is 4.79 Å². The highest BCUT2D eigenvalue weighted by molar-refractivity contribution is 6.52. The van der Waals surface area contributed by atoms with Crippen molar-refractivity contribution in [1.82, 2.24) is 9.80 Å². The first kappa shape index (κ1) is 14.2. The van der Waals surface area contributed by atoms with E-state index in [9.17, 15) is 9.59 Å². The van der Waals surface area contributed by atoms with Crippen molar-refractivity contribution in [2.45, 2.75) is 6.92 Å². The summed E-state index contributed by atoms with van der Waals surface area (Å²) >= 11 is 0. The third-order valence-corrected chi connectivity index (χ3v) is 4.43. The number of piperazine rings is 1. The monoisotopic (exact) mass is 287 g/mol. The fourth-order valence-corrected chi connectivity index (χ4v) is 3.07. The van der Waals surface area contributed by atoms with Crippen molar-refractivity contribution in [1.29, 1.82) is 0 Å². The number of carbonyl (C=O) groups excluding carboxylic acids is 2. The number of hydrogen-bond acceptors (Lipinski definition) is 4. The number of Topliss-reactive ketones (excluding diaryl/α,β-unsaturated/α-hetero) is 1. The minimum Gasteiger partial charge on any atom is -0.304 e. The Labute approximate surface area is 125 Å². The number of anilines is 1. The quantitative estimate of drug-likeness (QED) is 0.770. The maximum Gasteiger partial charge on any atom is 0.299 e. The molecule has 0 N–H and O–H groups in total. The Morgan fingerprint density at radius 2 is 1.76 bits per heavy atom. The average molecular weight is 287 g/mol. The number of nitrogens with zero attached hydrogens (tertiary/aromatic N) is 3. The molecule has 1 aromatic carbocycles. The van der Waals surface area contributed by atoms with Crippen LogP contribution in [0.1, 0.15) is 15.9 Å². The molecule has 0 spiro atoms. The molecule has 0 bridgehead atoms. The number of aryl methyl sites for hydroxylation is 1. The summed E-state index contributed by atoms with van der Waals surface area (Å²) < 4.78 is 0. The van der Waals surface area contributed by atoms with Crippen LogP contribution in [0.25, 0.3) is 0 Å². The predicted octanol–water partition coefficient (Wildman–Crippen LogP) is 0.772. The molecule has 2 aliphatic rings. The lowest BCUT2D eigenvalue weighted by molar-refractivity contribution is -0.114. The highest BCUT2D eigenvalue weighted by Crippen LogP contribution is 2.31. The summed E-state index contributed by atoms with van der Waals surface area (Å²) in [4.78, 5) is 30.5. The standard InChI is InChI=1S/C16H21N3O2/c1-12-4-3-5-13-14(12)19(16(21)15(13)20)11-10-18-8-6-17(2)7-9-18/h3-5H,6-11H2,1-2H3. The molecule has 0 unspecified atom stereocenters. The molecule has 0 atom stereocenters. The van der Waals surface area contributed by atoms with Crippen molar-refractivity contribution in [3.8, 4) is 0 Å². The number of para-hydroxylation sites is 1. The van der Waals surface area contributed by atoms with Crippen LogP contribution in [0.15, 0.2) is 18.2 Å². The molecule has 112 valence electrons. The second kappa shape index (κ2) is 5.58. The van der Waals surface area contributed by atoms with E-state index in [-0.39, 0.29) is 11.7 Å². The number of benzene rings is 1. The molecule has 0 radical (unpaired) electrons. The Hall–Kier alpha value is -1.72. The molecule has 5 nitrogen and oxygen atoms in total. The van der Waals surface area contributed by atoms with E-state index in [2.05, 4.69) is 16.8 Å². The van der Waals surface area contributed by atoms with Crippen molar-refractivity contribution in [2.24, 2.45) is 0 Å². The Bertz CT molecular complexity index is 577. The number of hydrogen-bond donors (Lipinski definition) is 0. The van der Waals surface area contributed by atoms with Gasteiger partial charge in [-0.2, -0.15) is 0 Å². The fraction of sp³-hybridized carbons (Fsp3) is 0.500. The fourth-order valence-electron chi connectivity index (χ4n) is 3.07. The van der Waals surface area contributed by atoms with E-state index in [0.717, 1.165) is 44.0 Å². The first-order valence-electron chi connectivity index (χ1n) is 7.44. The predicted molar refractivity (Wildman–Crippen MR) is 81.8 cm³/mol. The molecule has 0 aromatic heterocycles. The summed E-state index contributed by atoms with van der Waals surface area (Å²) in [7, 11) is 2.12. The van der Waals surface area contributed by atoms with Gasteiger partial charge in [0.15, 0.2) is 0 Å². The Morgan fingerprint density at radius 3 is 2.48 bits per heavy atom. The van der Waals surface area contributed by atoms with Gasteiger partial charge in [0.05, 0.1) is 11.3 Å². The Balaban J connectivity index is 1.72. The first-order chi connectivity index (χ1) is 10.1. The third-order valence-electron chi connectivity index (χ3n) is 4.43. The SMILES string of the molecule is Cc1cccc2c1N(CCN1CCN(C)CC1)C(=O)C2=O. The maximum absolute atomic E-state index is 12.2. The van der Waals surface area contributed by atoms with Gasteiger partial charge in [0, 0.05) is 39.3 Å². The first-order valence-corrected chi connectivity index (χ1v) is 7.44. The molecular formula is C16H21N3O2. The molecule has 1 saturated heterocycles. The van der Waals surface area contributed by atoms with Gasteiger partial charge >= 0.3 is 0 Å². The molecule has 3 rings (SSSR count). The lowest BCUT2D eigenvalue weighted by Crippen LogP contribution is -2.47. The number of rotatable bonds is 3. The third kappa shape index (κ3) is 2.59. The van der Waals surface area contributed by atoms with Crippen LogP contribution in [0.3, 0.4) is 0 Å². The van der Waals surface area contributed by atoms with Crippen LogP contribution >= 0.6 is 0 Å². The van der Waals surface area contributed by atoms with E-state index in [1.54, 1.807) is 11.0 Å². The molecule has 1 amide bonds. The number of fused-ring (bicyclic) bond motifs is 1. The van der Waals surface area contributed by atoms with Crippen molar-refractivity contribution in [3.63, 3.8) is 0 Å². The Morgan fingerprint density at radius 1 is 1.05 bits per heavy atom. The Kier molecular flexibility index (Phi) is 3.78. The summed E-state index contributed by atoms with van der Waals surface area (Å²) in [6, 6.07) is 5.54. The van der Waals surface area contributed by atoms with Crippen LogP contribution in [-0.4, -0.2) is 67.8 Å². The molecule has 1 aromatic rings. The summed E-state index contributed by atoms with van der Waals surface area (Å²) in [5, 5.41) is 0. The largest absolute Gasteiger partial charge is 0.304 e. The smallest absolute Gasteiger partial charge is 0.299 e. The number of ketones is 1. The van der Waals surface area contributed by atoms with E-state index in [1.165, 1.54) is 0 Å². The number of amides is 1. The second-order valence-corrected chi connectivity index (χ2v) is 5.90. The molecular weight excluding hydrogens is 266 g/mol. The van der Waals surface area contributed by atoms with Crippen LogP contribution < -0.4 is 4.90 Å². The van der Waals surface area contributed by atoms with Gasteiger partial charge in [-0.1, -0.05) is 12.1 Å². The summed E-state index contributed by atoms with van der Waals surface area (Å²) in [6.45, 7) is 7.52. The summed E-state index contributed by atoms with van der Waals surface area (Å²) in [5.41, 5.74) is 2.35. The van der Waals surface area contributed by atoms with E-state index in [0.29, 0.717) is 12.1 Å². The van der Waals surface area contributed by atoms with E-state index < -0.39 is 0 Å². The zero-order valence-electron chi connectivity index (χ0n) is 12.6. The average Bonchev–Trinajstić information content (AvgIpc) is 2.73. The summed E-state index contributed by atoms with van der Waals surface area (Å²) in [6.07, 6.45) is 0. The molecule has 1 fully saturated rings. The lowest BCUT2D eigenvalue weighted by Gasteiger charge is -2.33. The highest BCUT2D eigenvalue weighted by atomic mass is 16.2. The molecule has 2 aliphatic heterocycles. The lowest BCUT2D eigenvalue weighted by atomic mass is 10.1. The molecule has 5 heteroatoms. The van der Waals surface area contributed by atoms with Gasteiger partial charge in [0.1, 0.15) is 0 Å². The van der Waals surface area contributed by atoms with Crippen LogP contribution in [0, 0.1) is 6.92 Å². The van der Waals surface area contributed by atoms with Crippen LogP contribution in [0.4, 0.5) is 5.69 Å². The van der Waals surface area contributed by atoms with Gasteiger partial charge in [-0.15, -0.1) is 0 Å². The molecule has 0 aliphatic carbocycles. The van der Waals surface area contributed by atoms with Crippen LogP contribution in [0.2, 0.25) is 0 Å². The van der Waals surface area contributed by atoms with Gasteiger partial charge in [-0.05, 0) is 25.6 Å². The summed E-state index contributed by atoms with van der Waals surface area (Å²) in [5.74, 6) is -0.750. The van der Waals surface area contributed by atoms with Gasteiger partial charge in [-0.25, -0.2) is 0 Å². The van der Waals surface area contributed by atoms with Crippen molar-refractivity contribution < 1.29 is 9.59 Å². The van der Waals surface area contributed by atoms with E-state index >= 15 is 0 Å². The van der Waals surface area contributed by atoms with E-state index in [1.807, 2.05) is 19.1 Å². The molecule has 21 heavy (non-hydrogen) atoms. The second-order valence-electron chi connectivity index (χ2n) is 5.90. The highest BCUT2D eigenvalue weighted by Gasteiger charge is 2.36. The normalized spacial score (nSPS) is 20.2. The van der Waals surface area contributed by atoms with Gasteiger partial charge < -0.3 is 9.80 Å². The zero-order valence-corrected chi connectivity index (χ0v) is 12.6. The van der Waals surface area contributed by atoms with Gasteiger partial charge in [0.2, 0.25) is 0 Å². The topological polar surface area (TPSA) is 43.9 Å². The van der Waals surface area contributed by atoms with Crippen molar-refractivity contribution in [2.75, 3.05) is 51.2 Å². The minimum absolute atomic E-state index is 0.368. The number of likely N-dealkylation sites (N-methyl/N-ethyl adjacent to an activating group) is 1. The molecule has 0 saturated carbocycles. The van der Waals surface area contributed by atoms with Gasteiger partial charge in [-0.3, -0.25) is 14.5 Å². The van der Waals surface area contributed by atoms with E-state index in [4.69, 9.17) is 0 Å². The molecule has 2 heterocycles. The minimum atomic E-state index is -0.381. The van der Waals surface area contributed by atoms with Crippen LogP contribution in [0.5, 0.6) is 0 Å². The van der Waals surface area contributed by atoms with Crippen molar-refractivity contribution in [3.05, 3.63) is 29.3 Å². The van der Waals surface area contributed by atoms with Gasteiger partial charge in [0.25, 0.3) is 11.7 Å². The maximum atomic E-state index is 12.2. The zero-order chi connectivity index (χ0) is 15.0. The van der Waals surface area contributed by atoms with Crippen molar-refractivity contribution >= 4 is 17.4 Å².